The summed E-state index contributed by atoms with van der Waals surface area (Å²) in [5, 5.41) is 11.8. The van der Waals surface area contributed by atoms with Crippen molar-refractivity contribution in [1.29, 1.82) is 0 Å². The molecule has 0 atom stereocenters. The fourth-order valence-electron chi connectivity index (χ4n) is 4.29. The number of para-hydroxylation sites is 2. The lowest BCUT2D eigenvalue weighted by molar-refractivity contribution is -0.114. The number of nitrogens with zero attached hydrogens (tertiary/aromatic N) is 4. The molecule has 0 aliphatic heterocycles. The number of carbonyl (C=O) groups excluding carboxylic acids is 1. The number of fused-ring (bicyclic) bond motifs is 3. The zero-order valence-electron chi connectivity index (χ0n) is 19.4. The van der Waals surface area contributed by atoms with Gasteiger partial charge >= 0.3 is 0 Å². The number of hydrogen-bond donors (Lipinski definition) is 2. The standard InChI is InChI=1S/C25H26N6O2S/c1-4-26-21-13-12-16(14-27-21)22-17-8-7-9-18-24(34-25(29-18)28-15(2)32)23(17)31(30-22)19-10-5-6-11-20(19)33-3/h5-6,10-14H,4,7-9H2,1-3H3,(H,26,27)(H,28,29,32). The molecule has 9 heteroatoms. The van der Waals surface area contributed by atoms with E-state index in [1.807, 2.05) is 48.1 Å². The third-order valence-corrected chi connectivity index (χ3v) is 6.75. The number of thiazole rings is 1. The van der Waals surface area contributed by atoms with E-state index in [1.54, 1.807) is 7.11 Å². The summed E-state index contributed by atoms with van der Waals surface area (Å²) in [7, 11) is 1.66. The zero-order chi connectivity index (χ0) is 23.7. The smallest absolute Gasteiger partial charge is 0.223 e. The minimum atomic E-state index is -0.130. The number of aryl methyl sites for hydroxylation is 1. The van der Waals surface area contributed by atoms with Gasteiger partial charge in [0, 0.05) is 30.8 Å². The van der Waals surface area contributed by atoms with Crippen LogP contribution in [0.3, 0.4) is 0 Å². The molecule has 0 fully saturated rings. The van der Waals surface area contributed by atoms with Crippen LogP contribution in [0.25, 0.3) is 27.5 Å². The third kappa shape index (κ3) is 4.03. The highest BCUT2D eigenvalue weighted by atomic mass is 32.1. The molecule has 1 aliphatic carbocycles. The summed E-state index contributed by atoms with van der Waals surface area (Å²) in [4.78, 5) is 22.0. The maximum Gasteiger partial charge on any atom is 0.223 e. The van der Waals surface area contributed by atoms with E-state index in [0.29, 0.717) is 5.13 Å². The molecule has 1 aromatic carbocycles. The largest absolute Gasteiger partial charge is 0.494 e. The van der Waals surface area contributed by atoms with Crippen molar-refractivity contribution in [3.05, 3.63) is 53.9 Å². The van der Waals surface area contributed by atoms with Gasteiger partial charge in [-0.1, -0.05) is 23.5 Å². The van der Waals surface area contributed by atoms with Crippen LogP contribution in [0.2, 0.25) is 0 Å². The molecule has 0 spiro atoms. The number of benzene rings is 1. The Bertz CT molecular complexity index is 1340. The summed E-state index contributed by atoms with van der Waals surface area (Å²) in [6.07, 6.45) is 4.52. The number of ether oxygens (including phenoxy) is 1. The van der Waals surface area contributed by atoms with Crippen LogP contribution < -0.4 is 15.4 Å². The first-order valence-electron chi connectivity index (χ1n) is 11.3. The monoisotopic (exact) mass is 474 g/mol. The quantitative estimate of drug-likeness (QED) is 0.411. The van der Waals surface area contributed by atoms with E-state index in [0.717, 1.165) is 76.1 Å². The Balaban J connectivity index is 1.74. The Hall–Kier alpha value is -3.72. The average molecular weight is 475 g/mol. The summed E-state index contributed by atoms with van der Waals surface area (Å²) in [6.45, 7) is 4.36. The zero-order valence-corrected chi connectivity index (χ0v) is 20.2. The van der Waals surface area contributed by atoms with Crippen LogP contribution in [0.15, 0.2) is 42.6 Å². The van der Waals surface area contributed by atoms with Crippen molar-refractivity contribution in [2.45, 2.75) is 33.1 Å². The second-order valence-electron chi connectivity index (χ2n) is 8.05. The van der Waals surface area contributed by atoms with E-state index < -0.39 is 0 Å². The number of nitrogens with one attached hydrogen (secondary N) is 2. The fraction of sp³-hybridized carbons (Fsp3) is 0.280. The van der Waals surface area contributed by atoms with Crippen molar-refractivity contribution in [3.8, 4) is 33.3 Å². The normalized spacial score (nSPS) is 12.4. The first-order valence-corrected chi connectivity index (χ1v) is 12.1. The van der Waals surface area contributed by atoms with Gasteiger partial charge in [0.25, 0.3) is 0 Å². The van der Waals surface area contributed by atoms with Gasteiger partial charge in [0.2, 0.25) is 5.91 Å². The molecule has 0 saturated carbocycles. The molecular weight excluding hydrogens is 448 g/mol. The number of amides is 1. The molecule has 0 radical (unpaired) electrons. The van der Waals surface area contributed by atoms with Gasteiger partial charge in [-0.05, 0) is 50.5 Å². The van der Waals surface area contributed by atoms with Gasteiger partial charge in [-0.15, -0.1) is 0 Å². The van der Waals surface area contributed by atoms with Gasteiger partial charge < -0.3 is 15.4 Å². The number of anilines is 2. The van der Waals surface area contributed by atoms with Gasteiger partial charge in [-0.2, -0.15) is 5.10 Å². The Labute approximate surface area is 202 Å². The summed E-state index contributed by atoms with van der Waals surface area (Å²) >= 11 is 1.49. The number of aromatic nitrogens is 4. The van der Waals surface area contributed by atoms with Crippen LogP contribution in [0.4, 0.5) is 10.9 Å². The molecule has 4 aromatic rings. The van der Waals surface area contributed by atoms with Crippen LogP contribution in [0.5, 0.6) is 5.75 Å². The molecule has 3 heterocycles. The van der Waals surface area contributed by atoms with E-state index in [-0.39, 0.29) is 5.91 Å². The minimum absolute atomic E-state index is 0.130. The Morgan fingerprint density at radius 2 is 2.06 bits per heavy atom. The lowest BCUT2D eigenvalue weighted by atomic mass is 10.0. The maximum atomic E-state index is 11.7. The molecule has 34 heavy (non-hydrogen) atoms. The molecule has 174 valence electrons. The van der Waals surface area contributed by atoms with Crippen molar-refractivity contribution in [3.63, 3.8) is 0 Å². The molecule has 2 N–H and O–H groups in total. The topological polar surface area (TPSA) is 94.0 Å². The molecule has 8 nitrogen and oxygen atoms in total. The molecule has 5 rings (SSSR count). The van der Waals surface area contributed by atoms with Crippen molar-refractivity contribution >= 4 is 28.2 Å². The lowest BCUT2D eigenvalue weighted by Gasteiger charge is -2.11. The lowest BCUT2D eigenvalue weighted by Crippen LogP contribution is -2.05. The van der Waals surface area contributed by atoms with Crippen molar-refractivity contribution in [2.24, 2.45) is 0 Å². The van der Waals surface area contributed by atoms with E-state index in [4.69, 9.17) is 14.8 Å². The van der Waals surface area contributed by atoms with Crippen molar-refractivity contribution < 1.29 is 9.53 Å². The average Bonchev–Trinajstić information content (AvgIpc) is 3.35. The number of hydrogen-bond acceptors (Lipinski definition) is 7. The molecule has 3 aromatic heterocycles. The summed E-state index contributed by atoms with van der Waals surface area (Å²) in [6, 6.07) is 11.9. The van der Waals surface area contributed by atoms with Crippen LogP contribution >= 0.6 is 11.3 Å². The third-order valence-electron chi connectivity index (χ3n) is 5.73. The molecule has 0 bridgehead atoms. The van der Waals surface area contributed by atoms with E-state index in [1.165, 1.54) is 18.3 Å². The Morgan fingerprint density at radius 3 is 2.79 bits per heavy atom. The highest BCUT2D eigenvalue weighted by Gasteiger charge is 2.29. The number of carbonyl (C=O) groups is 1. The second-order valence-corrected chi connectivity index (χ2v) is 9.05. The number of methoxy groups -OCH3 is 1. The first-order chi connectivity index (χ1) is 16.6. The Kier molecular flexibility index (Phi) is 6.02. The van der Waals surface area contributed by atoms with Crippen LogP contribution in [-0.2, 0) is 17.6 Å². The highest BCUT2D eigenvalue weighted by Crippen LogP contribution is 2.44. The molecular formula is C25H26N6O2S. The summed E-state index contributed by atoms with van der Waals surface area (Å²) < 4.78 is 7.63. The van der Waals surface area contributed by atoms with E-state index in [2.05, 4.69) is 21.7 Å². The number of rotatable bonds is 6. The van der Waals surface area contributed by atoms with Crippen LogP contribution in [0, 0.1) is 0 Å². The second kappa shape index (κ2) is 9.26. The molecule has 0 saturated heterocycles. The predicted octanol–water partition coefficient (Wildman–Crippen LogP) is 4.95. The maximum absolute atomic E-state index is 11.7. The van der Waals surface area contributed by atoms with Gasteiger partial charge in [-0.3, -0.25) is 4.79 Å². The van der Waals surface area contributed by atoms with Crippen molar-refractivity contribution in [1.82, 2.24) is 19.7 Å². The predicted molar refractivity (Wildman–Crippen MR) is 135 cm³/mol. The van der Waals surface area contributed by atoms with Crippen LogP contribution in [-0.4, -0.2) is 39.3 Å². The first kappa shape index (κ1) is 22.1. The van der Waals surface area contributed by atoms with E-state index >= 15 is 0 Å². The highest BCUT2D eigenvalue weighted by molar-refractivity contribution is 7.19. The van der Waals surface area contributed by atoms with Crippen LogP contribution in [0.1, 0.15) is 31.5 Å². The van der Waals surface area contributed by atoms with Gasteiger partial charge in [0.15, 0.2) is 5.13 Å². The fourth-order valence-corrected chi connectivity index (χ4v) is 5.41. The van der Waals surface area contributed by atoms with Gasteiger partial charge in [0.05, 0.1) is 29.1 Å². The molecule has 1 aliphatic rings. The van der Waals surface area contributed by atoms with Gasteiger partial charge in [-0.25, -0.2) is 14.6 Å². The molecule has 0 unspecified atom stereocenters. The van der Waals surface area contributed by atoms with Crippen molar-refractivity contribution in [2.75, 3.05) is 24.3 Å². The van der Waals surface area contributed by atoms with Gasteiger partial charge in [0.1, 0.15) is 17.3 Å². The Morgan fingerprint density at radius 1 is 1.21 bits per heavy atom. The summed E-state index contributed by atoms with van der Waals surface area (Å²) in [5.74, 6) is 1.44. The summed E-state index contributed by atoms with van der Waals surface area (Å²) in [5.41, 5.74) is 5.85. The van der Waals surface area contributed by atoms with E-state index in [9.17, 15) is 4.79 Å². The number of pyridine rings is 1. The minimum Gasteiger partial charge on any atom is -0.494 e. The SMILES string of the molecule is CCNc1ccc(-c2nn(-c3ccccc3OC)c3c2CCCc2nc(NC(C)=O)sc2-3)cn1. The molecule has 1 amide bonds.